The summed E-state index contributed by atoms with van der Waals surface area (Å²) in [5, 5.41) is 13.8. The highest BCUT2D eigenvalue weighted by atomic mass is 19.1. The van der Waals surface area contributed by atoms with Crippen molar-refractivity contribution in [2.45, 2.75) is 6.92 Å². The first-order valence-electron chi connectivity index (χ1n) is 6.61. The highest BCUT2D eigenvalue weighted by Gasteiger charge is 2.14. The van der Waals surface area contributed by atoms with E-state index in [-0.39, 0.29) is 5.88 Å². The van der Waals surface area contributed by atoms with Crippen molar-refractivity contribution in [1.29, 1.82) is 0 Å². The third-order valence-electron chi connectivity index (χ3n) is 3.03. The highest BCUT2D eigenvalue weighted by molar-refractivity contribution is 5.82. The van der Waals surface area contributed by atoms with Gasteiger partial charge in [0.15, 0.2) is 5.82 Å². The number of rotatable bonds is 4. The van der Waals surface area contributed by atoms with Crippen LogP contribution in [0.4, 0.5) is 10.1 Å². The van der Waals surface area contributed by atoms with E-state index in [0.29, 0.717) is 34.8 Å². The van der Waals surface area contributed by atoms with Gasteiger partial charge < -0.3 is 10.5 Å². The van der Waals surface area contributed by atoms with Crippen molar-refractivity contribution in [3.63, 3.8) is 0 Å². The molecule has 7 nitrogen and oxygen atoms in total. The fourth-order valence-corrected chi connectivity index (χ4v) is 2.09. The van der Waals surface area contributed by atoms with Gasteiger partial charge in [-0.25, -0.2) is 9.37 Å². The van der Waals surface area contributed by atoms with Gasteiger partial charge in [-0.1, -0.05) is 6.07 Å². The van der Waals surface area contributed by atoms with Gasteiger partial charge in [0.05, 0.1) is 6.61 Å². The Labute approximate surface area is 125 Å². The van der Waals surface area contributed by atoms with E-state index < -0.39 is 5.82 Å². The second kappa shape index (κ2) is 5.76. The van der Waals surface area contributed by atoms with E-state index in [1.807, 2.05) is 0 Å². The molecule has 0 radical (unpaired) electrons. The first kappa shape index (κ1) is 13.9. The van der Waals surface area contributed by atoms with E-state index in [1.54, 1.807) is 25.1 Å². The van der Waals surface area contributed by atoms with Crippen LogP contribution in [0.3, 0.4) is 0 Å². The summed E-state index contributed by atoms with van der Waals surface area (Å²) in [6.07, 6.45) is 1.53. The smallest absolute Gasteiger partial charge is 0.250 e. The zero-order valence-electron chi connectivity index (χ0n) is 11.7. The Morgan fingerprint density at radius 3 is 2.82 bits per heavy atom. The van der Waals surface area contributed by atoms with Crippen LogP contribution < -0.4 is 10.5 Å². The molecule has 3 aromatic rings. The molecule has 0 spiro atoms. The van der Waals surface area contributed by atoms with Crippen molar-refractivity contribution in [2.24, 2.45) is 0 Å². The monoisotopic (exact) mass is 300 g/mol. The van der Waals surface area contributed by atoms with Crippen LogP contribution in [0.15, 0.2) is 30.5 Å². The number of halogens is 1. The number of pyridine rings is 1. The fourth-order valence-electron chi connectivity index (χ4n) is 2.09. The summed E-state index contributed by atoms with van der Waals surface area (Å²) in [5.74, 6) is -0.186. The molecule has 0 unspecified atom stereocenters. The average molecular weight is 300 g/mol. The molecular formula is C14H13FN6O. The number of anilines is 1. The minimum Gasteiger partial charge on any atom is -0.476 e. The molecule has 0 bridgehead atoms. The summed E-state index contributed by atoms with van der Waals surface area (Å²) in [4.78, 5) is 4.00. The molecular weight excluding hydrogens is 287 g/mol. The number of benzene rings is 1. The van der Waals surface area contributed by atoms with Crippen molar-refractivity contribution >= 4 is 5.69 Å². The third-order valence-corrected chi connectivity index (χ3v) is 3.03. The Morgan fingerprint density at radius 1 is 1.27 bits per heavy atom. The number of nitrogens with two attached hydrogens (primary N) is 1. The van der Waals surface area contributed by atoms with Crippen molar-refractivity contribution in [3.05, 3.63) is 36.3 Å². The second-order valence-corrected chi connectivity index (χ2v) is 4.48. The van der Waals surface area contributed by atoms with Crippen LogP contribution in [0.2, 0.25) is 0 Å². The maximum Gasteiger partial charge on any atom is 0.250 e. The minimum absolute atomic E-state index is 0.0252. The number of hydrogen-bond donors (Lipinski definition) is 2. The van der Waals surface area contributed by atoms with Crippen molar-refractivity contribution < 1.29 is 9.13 Å². The summed E-state index contributed by atoms with van der Waals surface area (Å²) in [6, 6.07) is 6.53. The Kier molecular flexibility index (Phi) is 3.65. The van der Waals surface area contributed by atoms with Gasteiger partial charge in [-0.15, -0.1) is 10.2 Å². The lowest BCUT2D eigenvalue weighted by molar-refractivity contribution is 0.307. The lowest BCUT2D eigenvalue weighted by Gasteiger charge is -2.09. The molecule has 8 heteroatoms. The Hall–Kier alpha value is -3.03. The molecule has 2 heterocycles. The Balaban J connectivity index is 2.11. The number of nitrogens with one attached hydrogen (secondary N) is 1. The Bertz CT molecular complexity index is 790. The largest absolute Gasteiger partial charge is 0.476 e. The maximum absolute atomic E-state index is 14.0. The summed E-state index contributed by atoms with van der Waals surface area (Å²) in [5.41, 5.74) is 8.26. The second-order valence-electron chi connectivity index (χ2n) is 4.48. The van der Waals surface area contributed by atoms with Gasteiger partial charge in [-0.05, 0) is 35.9 Å². The van der Waals surface area contributed by atoms with Crippen LogP contribution in [-0.4, -0.2) is 32.2 Å². The SMILES string of the molecule is CCOc1ncc(-c2ccc(N)cc2-c2nn[nH]n2)cc1F. The van der Waals surface area contributed by atoms with Gasteiger partial charge in [-0.2, -0.15) is 5.21 Å². The van der Waals surface area contributed by atoms with E-state index in [9.17, 15) is 4.39 Å². The van der Waals surface area contributed by atoms with Crippen molar-refractivity contribution in [1.82, 2.24) is 25.6 Å². The maximum atomic E-state index is 14.0. The van der Waals surface area contributed by atoms with Crippen LogP contribution in [0.5, 0.6) is 5.88 Å². The molecule has 0 saturated heterocycles. The van der Waals surface area contributed by atoms with Crippen LogP contribution in [-0.2, 0) is 0 Å². The summed E-state index contributed by atoms with van der Waals surface area (Å²) in [7, 11) is 0. The van der Waals surface area contributed by atoms with Gasteiger partial charge in [-0.3, -0.25) is 0 Å². The lowest BCUT2D eigenvalue weighted by Crippen LogP contribution is -1.98. The van der Waals surface area contributed by atoms with E-state index in [0.717, 1.165) is 0 Å². The van der Waals surface area contributed by atoms with Gasteiger partial charge >= 0.3 is 0 Å². The third kappa shape index (κ3) is 2.58. The van der Waals surface area contributed by atoms with Crippen molar-refractivity contribution in [2.75, 3.05) is 12.3 Å². The molecule has 0 saturated carbocycles. The summed E-state index contributed by atoms with van der Waals surface area (Å²) < 4.78 is 19.1. The molecule has 2 aromatic heterocycles. The molecule has 3 rings (SSSR count). The first-order chi connectivity index (χ1) is 10.7. The number of nitrogens with zero attached hydrogens (tertiary/aromatic N) is 4. The lowest BCUT2D eigenvalue weighted by atomic mass is 10.00. The number of nitrogen functional groups attached to an aromatic ring is 1. The number of aromatic amines is 1. The first-order valence-corrected chi connectivity index (χ1v) is 6.61. The van der Waals surface area contributed by atoms with Crippen molar-refractivity contribution in [3.8, 4) is 28.4 Å². The summed E-state index contributed by atoms with van der Waals surface area (Å²) in [6.45, 7) is 2.11. The van der Waals surface area contributed by atoms with Gasteiger partial charge in [0.2, 0.25) is 11.7 Å². The standard InChI is InChI=1S/C14H13FN6O/c1-2-22-14-12(15)5-8(7-17-14)10-4-3-9(16)6-11(10)13-18-20-21-19-13/h3-7H,2,16H2,1H3,(H,18,19,20,21). The fraction of sp³-hybridized carbons (Fsp3) is 0.143. The molecule has 0 aliphatic rings. The van der Waals surface area contributed by atoms with Gasteiger partial charge in [0.25, 0.3) is 0 Å². The highest BCUT2D eigenvalue weighted by Crippen LogP contribution is 2.32. The number of tetrazole rings is 1. The van der Waals surface area contributed by atoms with Crippen LogP contribution >= 0.6 is 0 Å². The van der Waals surface area contributed by atoms with Crippen LogP contribution in [0, 0.1) is 5.82 Å². The normalized spacial score (nSPS) is 10.6. The number of aromatic nitrogens is 5. The van der Waals surface area contributed by atoms with E-state index in [1.165, 1.54) is 12.3 Å². The van der Waals surface area contributed by atoms with Crippen LogP contribution in [0.25, 0.3) is 22.5 Å². The average Bonchev–Trinajstić information content (AvgIpc) is 3.04. The van der Waals surface area contributed by atoms with Crippen LogP contribution in [0.1, 0.15) is 6.92 Å². The molecule has 0 atom stereocenters. The molecule has 22 heavy (non-hydrogen) atoms. The summed E-state index contributed by atoms with van der Waals surface area (Å²) >= 11 is 0. The number of ether oxygens (including phenoxy) is 1. The molecule has 112 valence electrons. The molecule has 3 N–H and O–H groups in total. The molecule has 0 aliphatic heterocycles. The zero-order chi connectivity index (χ0) is 15.5. The zero-order valence-corrected chi connectivity index (χ0v) is 11.7. The molecule has 0 fully saturated rings. The predicted molar refractivity (Wildman–Crippen MR) is 78.4 cm³/mol. The van der Waals surface area contributed by atoms with Gasteiger partial charge in [0, 0.05) is 23.0 Å². The van der Waals surface area contributed by atoms with E-state index in [2.05, 4.69) is 25.6 Å². The number of hydrogen-bond acceptors (Lipinski definition) is 6. The van der Waals surface area contributed by atoms with Gasteiger partial charge in [0.1, 0.15) is 0 Å². The predicted octanol–water partition coefficient (Wildman–Crippen LogP) is 2.05. The quantitative estimate of drug-likeness (QED) is 0.715. The molecule has 0 amide bonds. The number of H-pyrrole nitrogens is 1. The minimum atomic E-state index is -0.532. The molecule has 1 aromatic carbocycles. The van der Waals surface area contributed by atoms with E-state index >= 15 is 0 Å². The molecule has 0 aliphatic carbocycles. The Morgan fingerprint density at radius 2 is 2.14 bits per heavy atom. The van der Waals surface area contributed by atoms with E-state index in [4.69, 9.17) is 10.5 Å². The topological polar surface area (TPSA) is 103 Å².